The summed E-state index contributed by atoms with van der Waals surface area (Å²) in [6, 6.07) is 0. The van der Waals surface area contributed by atoms with Gasteiger partial charge in [0.15, 0.2) is 0 Å². The molecule has 3 nitrogen and oxygen atoms in total. The van der Waals surface area contributed by atoms with Crippen LogP contribution in [0.4, 0.5) is 4.39 Å². The molecule has 0 saturated carbocycles. The molecule has 1 heterocycles. The summed E-state index contributed by atoms with van der Waals surface area (Å²) in [5.74, 6) is -3.05. The Kier molecular flexibility index (Phi) is 2.13. The first-order valence-electron chi connectivity index (χ1n) is 3.60. The Labute approximate surface area is 64.5 Å². The lowest BCUT2D eigenvalue weighted by Gasteiger charge is -1.98. The number of esters is 1. The van der Waals surface area contributed by atoms with Crippen LogP contribution in [0.5, 0.6) is 0 Å². The van der Waals surface area contributed by atoms with E-state index >= 15 is 0 Å². The summed E-state index contributed by atoms with van der Waals surface area (Å²) in [5.41, 5.74) is 0. The van der Waals surface area contributed by atoms with E-state index in [1.54, 1.807) is 0 Å². The third kappa shape index (κ3) is 1.35. The summed E-state index contributed by atoms with van der Waals surface area (Å²) in [6.07, 6.45) is 0.777. The molecule has 0 unspecified atom stereocenters. The van der Waals surface area contributed by atoms with Crippen LogP contribution in [-0.4, -0.2) is 25.0 Å². The average molecular weight is 162 g/mol. The third-order valence-corrected chi connectivity index (χ3v) is 1.69. The maximum atomic E-state index is 13.0. The molecule has 0 spiro atoms. The van der Waals surface area contributed by atoms with E-state index in [0.29, 0.717) is 6.42 Å². The molecule has 64 valence electrons. The summed E-state index contributed by atoms with van der Waals surface area (Å²) in [4.78, 5) is 10.7. The topological polar surface area (TPSA) is 38.8 Å². The predicted molar refractivity (Wildman–Crippen MR) is 35.6 cm³/mol. The molecule has 4 heteroatoms. The highest BCUT2D eigenvalue weighted by Gasteiger charge is 2.64. The highest BCUT2D eigenvalue weighted by atomic mass is 19.2. The van der Waals surface area contributed by atoms with E-state index in [2.05, 4.69) is 9.47 Å². The summed E-state index contributed by atoms with van der Waals surface area (Å²) in [5, 5.41) is 0. The summed E-state index contributed by atoms with van der Waals surface area (Å²) < 4.78 is 21.8. The SMILES string of the molecule is CCC[C@H]1O[C@@]1(F)C(=O)OC. The zero-order valence-electron chi connectivity index (χ0n) is 6.59. The van der Waals surface area contributed by atoms with Gasteiger partial charge in [0.2, 0.25) is 0 Å². The fraction of sp³-hybridized carbons (Fsp3) is 0.857. The van der Waals surface area contributed by atoms with Gasteiger partial charge >= 0.3 is 11.8 Å². The van der Waals surface area contributed by atoms with Crippen molar-refractivity contribution in [2.75, 3.05) is 7.11 Å². The number of methoxy groups -OCH3 is 1. The Morgan fingerprint density at radius 3 is 2.91 bits per heavy atom. The van der Waals surface area contributed by atoms with Crippen molar-refractivity contribution in [1.82, 2.24) is 0 Å². The number of carbonyl (C=O) groups is 1. The van der Waals surface area contributed by atoms with Gasteiger partial charge in [-0.15, -0.1) is 0 Å². The fourth-order valence-corrected chi connectivity index (χ4v) is 0.999. The molecule has 0 aromatic carbocycles. The molecule has 1 rings (SSSR count). The first-order chi connectivity index (χ1) is 5.15. The molecule has 0 radical (unpaired) electrons. The smallest absolute Gasteiger partial charge is 0.374 e. The zero-order valence-corrected chi connectivity index (χ0v) is 6.59. The number of epoxide rings is 1. The molecular weight excluding hydrogens is 151 g/mol. The van der Waals surface area contributed by atoms with Crippen molar-refractivity contribution in [2.24, 2.45) is 0 Å². The van der Waals surface area contributed by atoms with Crippen molar-refractivity contribution >= 4 is 5.97 Å². The van der Waals surface area contributed by atoms with E-state index in [-0.39, 0.29) is 0 Å². The second-order valence-corrected chi connectivity index (χ2v) is 2.53. The monoisotopic (exact) mass is 162 g/mol. The number of hydrogen-bond donors (Lipinski definition) is 0. The first-order valence-corrected chi connectivity index (χ1v) is 3.60. The molecule has 0 bridgehead atoms. The van der Waals surface area contributed by atoms with Gasteiger partial charge in [0.1, 0.15) is 6.10 Å². The van der Waals surface area contributed by atoms with Crippen LogP contribution in [0.1, 0.15) is 19.8 Å². The van der Waals surface area contributed by atoms with Gasteiger partial charge < -0.3 is 9.47 Å². The molecule has 1 saturated heterocycles. The summed E-state index contributed by atoms with van der Waals surface area (Å²) >= 11 is 0. The minimum Gasteiger partial charge on any atom is -0.465 e. The van der Waals surface area contributed by atoms with Crippen LogP contribution in [-0.2, 0) is 14.3 Å². The number of carbonyl (C=O) groups excluding carboxylic acids is 1. The van der Waals surface area contributed by atoms with Crippen LogP contribution < -0.4 is 0 Å². The zero-order chi connectivity index (χ0) is 8.48. The van der Waals surface area contributed by atoms with Gasteiger partial charge in [-0.2, -0.15) is 4.39 Å². The number of ether oxygens (including phenoxy) is 2. The van der Waals surface area contributed by atoms with Crippen LogP contribution in [0.3, 0.4) is 0 Å². The maximum Gasteiger partial charge on any atom is 0.374 e. The molecular formula is C7H11FO3. The predicted octanol–water partition coefficient (Wildman–Crippen LogP) is 1.02. The number of halogens is 1. The van der Waals surface area contributed by atoms with Crippen molar-refractivity contribution in [3.63, 3.8) is 0 Å². The normalized spacial score (nSPS) is 35.0. The van der Waals surface area contributed by atoms with E-state index in [1.807, 2.05) is 6.92 Å². The fourth-order valence-electron chi connectivity index (χ4n) is 0.999. The van der Waals surface area contributed by atoms with Gasteiger partial charge in [0, 0.05) is 0 Å². The molecule has 1 fully saturated rings. The molecule has 0 aromatic heterocycles. The first kappa shape index (κ1) is 8.46. The lowest BCUT2D eigenvalue weighted by molar-refractivity contribution is -0.154. The molecule has 0 aliphatic carbocycles. The Bertz CT molecular complexity index is 171. The van der Waals surface area contributed by atoms with Crippen LogP contribution in [0.2, 0.25) is 0 Å². The highest BCUT2D eigenvalue weighted by molar-refractivity contribution is 5.81. The summed E-state index contributed by atoms with van der Waals surface area (Å²) in [6.45, 7) is 1.90. The van der Waals surface area contributed by atoms with Gasteiger partial charge in [-0.25, -0.2) is 4.79 Å². The maximum absolute atomic E-state index is 13.0. The molecule has 2 atom stereocenters. The molecule has 0 amide bonds. The van der Waals surface area contributed by atoms with Crippen LogP contribution in [0.15, 0.2) is 0 Å². The molecule has 1 aliphatic heterocycles. The van der Waals surface area contributed by atoms with E-state index < -0.39 is 17.9 Å². The number of rotatable bonds is 3. The second kappa shape index (κ2) is 2.77. The minimum absolute atomic E-state index is 0.561. The molecule has 11 heavy (non-hydrogen) atoms. The van der Waals surface area contributed by atoms with Crippen LogP contribution >= 0.6 is 0 Å². The minimum atomic E-state index is -2.13. The van der Waals surface area contributed by atoms with E-state index in [1.165, 1.54) is 0 Å². The Balaban J connectivity index is 2.42. The number of alkyl halides is 1. The van der Waals surface area contributed by atoms with Crippen molar-refractivity contribution < 1.29 is 18.7 Å². The Morgan fingerprint density at radius 2 is 2.45 bits per heavy atom. The number of hydrogen-bond acceptors (Lipinski definition) is 3. The van der Waals surface area contributed by atoms with Crippen molar-refractivity contribution in [1.29, 1.82) is 0 Å². The Hall–Kier alpha value is -0.640. The lowest BCUT2D eigenvalue weighted by Crippen LogP contribution is -2.23. The largest absolute Gasteiger partial charge is 0.465 e. The van der Waals surface area contributed by atoms with Gasteiger partial charge in [0.25, 0.3) is 0 Å². The van der Waals surface area contributed by atoms with Crippen LogP contribution in [0, 0.1) is 0 Å². The summed E-state index contributed by atoms with van der Waals surface area (Å²) in [7, 11) is 1.15. The lowest BCUT2D eigenvalue weighted by atomic mass is 10.2. The quantitative estimate of drug-likeness (QED) is 0.459. The molecule has 0 aromatic rings. The third-order valence-electron chi connectivity index (χ3n) is 1.69. The second-order valence-electron chi connectivity index (χ2n) is 2.53. The van der Waals surface area contributed by atoms with E-state index in [4.69, 9.17) is 0 Å². The van der Waals surface area contributed by atoms with Gasteiger partial charge in [-0.3, -0.25) is 0 Å². The average Bonchev–Trinajstić information content (AvgIpc) is 2.63. The molecule has 1 aliphatic rings. The van der Waals surface area contributed by atoms with Gasteiger partial charge in [-0.05, 0) is 6.42 Å². The van der Waals surface area contributed by atoms with Gasteiger partial charge in [0.05, 0.1) is 7.11 Å². The van der Waals surface area contributed by atoms with Crippen molar-refractivity contribution in [2.45, 2.75) is 31.7 Å². The van der Waals surface area contributed by atoms with Crippen molar-refractivity contribution in [3.05, 3.63) is 0 Å². The standard InChI is InChI=1S/C7H11FO3/c1-3-4-5-7(8,11-5)6(9)10-2/h5H,3-4H2,1-2H3/t5-,7-/m1/s1. The highest BCUT2D eigenvalue weighted by Crippen LogP contribution is 2.41. The van der Waals surface area contributed by atoms with Crippen molar-refractivity contribution in [3.8, 4) is 0 Å². The Morgan fingerprint density at radius 1 is 1.82 bits per heavy atom. The van der Waals surface area contributed by atoms with Gasteiger partial charge in [-0.1, -0.05) is 13.3 Å². The van der Waals surface area contributed by atoms with E-state index in [0.717, 1.165) is 13.5 Å². The van der Waals surface area contributed by atoms with E-state index in [9.17, 15) is 9.18 Å². The van der Waals surface area contributed by atoms with Crippen LogP contribution in [0.25, 0.3) is 0 Å². The molecule has 0 N–H and O–H groups in total.